The highest BCUT2D eigenvalue weighted by Gasteiger charge is 2.87. The molecule has 1 aliphatic heterocycles. The molecule has 2 aromatic rings. The van der Waals surface area contributed by atoms with Crippen molar-refractivity contribution in [2.45, 2.75) is 35.9 Å². The van der Waals surface area contributed by atoms with E-state index in [2.05, 4.69) is 15.1 Å². The molecule has 5 N–H and O–H groups in total. The number of nitriles is 1. The zero-order valence-electron chi connectivity index (χ0n) is 11.4. The molecule has 1 aliphatic carbocycles. The van der Waals surface area contributed by atoms with Gasteiger partial charge < -0.3 is 25.8 Å². The van der Waals surface area contributed by atoms with E-state index in [9.17, 15) is 20.6 Å². The Bertz CT molecular complexity index is 844. The van der Waals surface area contributed by atoms with Gasteiger partial charge in [0.15, 0.2) is 17.1 Å². The van der Waals surface area contributed by atoms with Crippen molar-refractivity contribution < 1.29 is 20.1 Å². The number of nitrogens with two attached hydrogens (primary N) is 1. The van der Waals surface area contributed by atoms with E-state index in [1.165, 1.54) is 24.0 Å². The molecule has 1 unspecified atom stereocenters. The summed E-state index contributed by atoms with van der Waals surface area (Å²) in [6.07, 6.45) is 0.125. The van der Waals surface area contributed by atoms with Crippen LogP contribution in [0.5, 0.6) is 0 Å². The Labute approximate surface area is 123 Å². The van der Waals surface area contributed by atoms with Crippen molar-refractivity contribution in [1.82, 2.24) is 19.6 Å². The molecule has 0 spiro atoms. The Balaban J connectivity index is 1.97. The first-order valence-corrected chi connectivity index (χ1v) is 6.48. The molecule has 2 aromatic heterocycles. The average molecular weight is 304 g/mol. The molecule has 0 radical (unpaired) electrons. The summed E-state index contributed by atoms with van der Waals surface area (Å²) < 4.78 is 6.74. The Hall–Kier alpha value is -2.32. The minimum Gasteiger partial charge on any atom is -0.387 e. The molecule has 0 amide bonds. The standard InChI is InChI=1S/C12H12N6O4/c1-10(20)11(3-13,22-7-6(19)12(7,10)21)5-2-15-9-8(14)16-4-17-18(5)9/h2,4,6-7,19-21H,1H3,(H2,14,16,17)/t6?,7-,10+,11+,12-/m1/s1. The van der Waals surface area contributed by atoms with Crippen molar-refractivity contribution in [2.24, 2.45) is 0 Å². The zero-order valence-corrected chi connectivity index (χ0v) is 11.4. The molecule has 1 saturated carbocycles. The number of aromatic nitrogens is 4. The molecule has 3 heterocycles. The van der Waals surface area contributed by atoms with Crippen molar-refractivity contribution in [1.29, 1.82) is 5.26 Å². The first kappa shape index (κ1) is 13.4. The second kappa shape index (κ2) is 3.53. The summed E-state index contributed by atoms with van der Waals surface area (Å²) >= 11 is 0. The van der Waals surface area contributed by atoms with Crippen LogP contribution in [0.2, 0.25) is 0 Å². The molecule has 5 atom stereocenters. The molecule has 0 aromatic carbocycles. The van der Waals surface area contributed by atoms with Gasteiger partial charge in [-0.25, -0.2) is 14.5 Å². The van der Waals surface area contributed by atoms with E-state index in [-0.39, 0.29) is 17.2 Å². The number of rotatable bonds is 1. The highest BCUT2D eigenvalue weighted by Crippen LogP contribution is 2.63. The maximum atomic E-state index is 10.8. The highest BCUT2D eigenvalue weighted by atomic mass is 16.6. The molecular weight excluding hydrogens is 292 g/mol. The molecule has 2 fully saturated rings. The summed E-state index contributed by atoms with van der Waals surface area (Å²) in [5, 5.41) is 44.5. The summed E-state index contributed by atoms with van der Waals surface area (Å²) in [5.41, 5.74) is 0.0304. The summed E-state index contributed by atoms with van der Waals surface area (Å²) in [4.78, 5) is 7.82. The number of aliphatic hydroxyl groups excluding tert-OH is 1. The number of nitrogens with zero attached hydrogens (tertiary/aromatic N) is 5. The van der Waals surface area contributed by atoms with E-state index in [1.54, 1.807) is 0 Å². The van der Waals surface area contributed by atoms with Crippen molar-refractivity contribution >= 4 is 11.5 Å². The molecule has 22 heavy (non-hydrogen) atoms. The van der Waals surface area contributed by atoms with E-state index in [0.29, 0.717) is 0 Å². The summed E-state index contributed by atoms with van der Waals surface area (Å²) in [6, 6.07) is 1.88. The van der Waals surface area contributed by atoms with Crippen LogP contribution in [0.1, 0.15) is 12.6 Å². The third-order valence-electron chi connectivity index (χ3n) is 4.68. The second-order valence-corrected chi connectivity index (χ2v) is 5.70. The van der Waals surface area contributed by atoms with E-state index in [0.717, 1.165) is 0 Å². The quantitative estimate of drug-likeness (QED) is 0.453. The Morgan fingerprint density at radius 1 is 1.45 bits per heavy atom. The number of anilines is 1. The number of hydrogen-bond acceptors (Lipinski definition) is 9. The lowest BCUT2D eigenvalue weighted by molar-refractivity contribution is -0.169. The predicted molar refractivity (Wildman–Crippen MR) is 68.9 cm³/mol. The monoisotopic (exact) mass is 304 g/mol. The maximum absolute atomic E-state index is 10.8. The fourth-order valence-electron chi connectivity index (χ4n) is 3.21. The van der Waals surface area contributed by atoms with E-state index >= 15 is 0 Å². The third-order valence-corrected chi connectivity index (χ3v) is 4.68. The summed E-state index contributed by atoms with van der Waals surface area (Å²) in [5.74, 6) is 0.0934. The van der Waals surface area contributed by atoms with Gasteiger partial charge in [0.05, 0.1) is 6.20 Å². The van der Waals surface area contributed by atoms with Gasteiger partial charge >= 0.3 is 0 Å². The molecule has 2 aliphatic rings. The van der Waals surface area contributed by atoms with Gasteiger partial charge in [0.25, 0.3) is 0 Å². The van der Waals surface area contributed by atoms with Crippen molar-refractivity contribution in [3.63, 3.8) is 0 Å². The maximum Gasteiger partial charge on any atom is 0.230 e. The lowest BCUT2D eigenvalue weighted by atomic mass is 9.78. The molecule has 10 nitrogen and oxygen atoms in total. The van der Waals surface area contributed by atoms with Crippen LogP contribution in [-0.2, 0) is 10.3 Å². The van der Waals surface area contributed by atoms with Gasteiger partial charge in [-0.1, -0.05) is 0 Å². The van der Waals surface area contributed by atoms with Crippen molar-refractivity contribution in [3.8, 4) is 6.07 Å². The third kappa shape index (κ3) is 1.11. The van der Waals surface area contributed by atoms with Gasteiger partial charge in [-0.15, -0.1) is 0 Å². The Kier molecular flexibility index (Phi) is 2.14. The van der Waals surface area contributed by atoms with Crippen LogP contribution in [0.25, 0.3) is 5.65 Å². The van der Waals surface area contributed by atoms with Gasteiger partial charge in [-0.3, -0.25) is 0 Å². The number of imidazole rings is 1. The van der Waals surface area contributed by atoms with E-state index in [4.69, 9.17) is 10.5 Å². The lowest BCUT2D eigenvalue weighted by Crippen LogP contribution is -2.57. The van der Waals surface area contributed by atoms with Crippen LogP contribution in [0, 0.1) is 11.3 Å². The number of nitrogen functional groups attached to an aromatic ring is 1. The molecule has 10 heteroatoms. The predicted octanol–water partition coefficient (Wildman–Crippen LogP) is -2.32. The van der Waals surface area contributed by atoms with Gasteiger partial charge in [0.2, 0.25) is 5.60 Å². The fourth-order valence-corrected chi connectivity index (χ4v) is 3.21. The first-order chi connectivity index (χ1) is 10.3. The van der Waals surface area contributed by atoms with Gasteiger partial charge in [0.1, 0.15) is 35.9 Å². The van der Waals surface area contributed by atoms with Crippen LogP contribution in [0.4, 0.5) is 5.82 Å². The molecule has 4 rings (SSSR count). The van der Waals surface area contributed by atoms with Crippen molar-refractivity contribution in [3.05, 3.63) is 18.2 Å². The number of ether oxygens (including phenoxy) is 1. The minimum atomic E-state index is -2.07. The second-order valence-electron chi connectivity index (χ2n) is 5.70. The molecule has 114 valence electrons. The van der Waals surface area contributed by atoms with E-state index < -0.39 is 29.0 Å². The Morgan fingerprint density at radius 3 is 2.77 bits per heavy atom. The van der Waals surface area contributed by atoms with Crippen LogP contribution in [-0.4, -0.2) is 58.3 Å². The summed E-state index contributed by atoms with van der Waals surface area (Å²) in [6.45, 7) is 1.23. The SMILES string of the molecule is C[C@]1(O)[C@](C#N)(c2cnc3c(N)ncnn23)O[C@@H]2C(O)[C@@]21O. The van der Waals surface area contributed by atoms with Crippen LogP contribution in [0.15, 0.2) is 12.5 Å². The first-order valence-electron chi connectivity index (χ1n) is 6.48. The number of fused-ring (bicyclic) bond motifs is 2. The normalized spacial score (nSPS) is 43.0. The molecular formula is C12H12N6O4. The lowest BCUT2D eigenvalue weighted by Gasteiger charge is -2.37. The smallest absolute Gasteiger partial charge is 0.230 e. The topological polar surface area (TPSA) is 163 Å². The van der Waals surface area contributed by atoms with Gasteiger partial charge in [-0.05, 0) is 6.92 Å². The average Bonchev–Trinajstić information content (AvgIpc) is 2.81. The largest absolute Gasteiger partial charge is 0.387 e. The Morgan fingerprint density at radius 2 is 2.18 bits per heavy atom. The van der Waals surface area contributed by atoms with Crippen LogP contribution in [0.3, 0.4) is 0 Å². The molecule has 1 saturated heterocycles. The van der Waals surface area contributed by atoms with Crippen LogP contribution < -0.4 is 5.73 Å². The zero-order chi connectivity index (χ0) is 15.9. The summed E-state index contributed by atoms with van der Waals surface area (Å²) in [7, 11) is 0. The highest BCUT2D eigenvalue weighted by molar-refractivity contribution is 5.60. The van der Waals surface area contributed by atoms with Gasteiger partial charge in [0, 0.05) is 0 Å². The van der Waals surface area contributed by atoms with Crippen molar-refractivity contribution in [2.75, 3.05) is 5.73 Å². The van der Waals surface area contributed by atoms with Crippen LogP contribution >= 0.6 is 0 Å². The van der Waals surface area contributed by atoms with E-state index in [1.807, 2.05) is 6.07 Å². The fraction of sp³-hybridized carbons (Fsp3) is 0.500. The minimum absolute atomic E-state index is 0.0934. The molecule has 0 bridgehead atoms. The van der Waals surface area contributed by atoms with Gasteiger partial charge in [-0.2, -0.15) is 10.4 Å². The number of aliphatic hydroxyl groups is 3. The number of hydrogen-bond donors (Lipinski definition) is 4.